The number of fused-ring (bicyclic) bond motifs is 2. The van der Waals surface area contributed by atoms with Gasteiger partial charge in [0.2, 0.25) is 0 Å². The molecule has 0 aliphatic heterocycles. The third-order valence-electron chi connectivity index (χ3n) is 6.04. The van der Waals surface area contributed by atoms with E-state index in [1.54, 1.807) is 0 Å². The van der Waals surface area contributed by atoms with E-state index in [2.05, 4.69) is 30.3 Å². The minimum absolute atomic E-state index is 0.267. The molecule has 0 amide bonds. The zero-order chi connectivity index (χ0) is 25.3. The summed E-state index contributed by atoms with van der Waals surface area (Å²) in [6.07, 6.45) is 1.57. The largest absolute Gasteiger partial charge is 0.490 e. The van der Waals surface area contributed by atoms with E-state index in [-0.39, 0.29) is 24.8 Å². The molecule has 0 N–H and O–H groups in total. The molecule has 0 bridgehead atoms. The standard InChI is InChI=1S/C30H30O6/c1-33-27(31)16-8-18-35-26-20-22-11-4-6-14-24(22)29(30(26)36-19-9-17-28(32)34-2)25-15-7-12-21-10-3-5-13-23(21)25/h3-7,10-15,20H,8-9,16-19H2,1-2H3. The number of esters is 2. The molecular weight excluding hydrogens is 456 g/mol. The van der Waals surface area contributed by atoms with Crippen LogP contribution >= 0.6 is 0 Å². The van der Waals surface area contributed by atoms with Crippen LogP contribution in [0.2, 0.25) is 0 Å². The molecule has 0 fully saturated rings. The van der Waals surface area contributed by atoms with Crippen molar-refractivity contribution in [2.45, 2.75) is 25.7 Å². The zero-order valence-electron chi connectivity index (χ0n) is 20.6. The maximum absolute atomic E-state index is 11.6. The van der Waals surface area contributed by atoms with Crippen LogP contribution in [0.15, 0.2) is 72.8 Å². The molecule has 4 rings (SSSR count). The van der Waals surface area contributed by atoms with Gasteiger partial charge < -0.3 is 18.9 Å². The molecule has 0 atom stereocenters. The molecule has 6 heteroatoms. The predicted molar refractivity (Wildman–Crippen MR) is 140 cm³/mol. The maximum Gasteiger partial charge on any atom is 0.305 e. The number of benzene rings is 4. The summed E-state index contributed by atoms with van der Waals surface area (Å²) < 4.78 is 22.0. The Bertz CT molecular complexity index is 1360. The summed E-state index contributed by atoms with van der Waals surface area (Å²) in [6, 6.07) is 24.6. The molecule has 0 spiro atoms. The van der Waals surface area contributed by atoms with Gasteiger partial charge in [-0.15, -0.1) is 0 Å². The first-order valence-electron chi connectivity index (χ1n) is 12.1. The Kier molecular flexibility index (Phi) is 8.40. The van der Waals surface area contributed by atoms with Crippen molar-refractivity contribution in [3.05, 3.63) is 72.8 Å². The lowest BCUT2D eigenvalue weighted by molar-refractivity contribution is -0.141. The lowest BCUT2D eigenvalue weighted by atomic mass is 9.92. The number of methoxy groups -OCH3 is 2. The number of hydrogen-bond acceptors (Lipinski definition) is 6. The fraction of sp³-hybridized carbons (Fsp3) is 0.267. The zero-order valence-corrected chi connectivity index (χ0v) is 20.6. The first kappa shape index (κ1) is 25.0. The summed E-state index contributed by atoms with van der Waals surface area (Å²) >= 11 is 0. The topological polar surface area (TPSA) is 71.1 Å². The van der Waals surface area contributed by atoms with Crippen LogP contribution in [0.3, 0.4) is 0 Å². The summed E-state index contributed by atoms with van der Waals surface area (Å²) in [6.45, 7) is 0.657. The molecule has 4 aromatic carbocycles. The Morgan fingerprint density at radius 1 is 0.667 bits per heavy atom. The van der Waals surface area contributed by atoms with Crippen LogP contribution in [0.1, 0.15) is 25.7 Å². The fourth-order valence-electron chi connectivity index (χ4n) is 4.26. The third-order valence-corrected chi connectivity index (χ3v) is 6.04. The van der Waals surface area contributed by atoms with Gasteiger partial charge in [0.1, 0.15) is 0 Å². The van der Waals surface area contributed by atoms with Crippen LogP contribution in [0.4, 0.5) is 0 Å². The molecule has 0 aromatic heterocycles. The molecule has 0 saturated heterocycles. The molecule has 0 aliphatic rings. The monoisotopic (exact) mass is 486 g/mol. The summed E-state index contributed by atoms with van der Waals surface area (Å²) in [5, 5.41) is 4.29. The second-order valence-corrected chi connectivity index (χ2v) is 8.38. The van der Waals surface area contributed by atoms with Crippen molar-refractivity contribution in [2.75, 3.05) is 27.4 Å². The molecule has 0 radical (unpaired) electrons. The highest BCUT2D eigenvalue weighted by Gasteiger charge is 2.20. The first-order valence-corrected chi connectivity index (χ1v) is 12.1. The Morgan fingerprint density at radius 3 is 1.94 bits per heavy atom. The summed E-state index contributed by atoms with van der Waals surface area (Å²) in [4.78, 5) is 23.2. The van der Waals surface area contributed by atoms with Crippen LogP contribution in [0, 0.1) is 0 Å². The predicted octanol–water partition coefficient (Wildman–Crippen LogP) is 6.32. The van der Waals surface area contributed by atoms with Gasteiger partial charge in [-0.2, -0.15) is 0 Å². The summed E-state index contributed by atoms with van der Waals surface area (Å²) in [5.41, 5.74) is 1.97. The number of hydrogen-bond donors (Lipinski definition) is 0. The van der Waals surface area contributed by atoms with Gasteiger partial charge in [0.05, 0.1) is 27.4 Å². The van der Waals surface area contributed by atoms with Crippen LogP contribution in [-0.2, 0) is 19.1 Å². The van der Waals surface area contributed by atoms with E-state index in [1.165, 1.54) is 14.2 Å². The maximum atomic E-state index is 11.6. The minimum Gasteiger partial charge on any atom is -0.490 e. The molecule has 0 unspecified atom stereocenters. The number of rotatable bonds is 11. The number of carbonyl (C=O) groups excluding carboxylic acids is 2. The van der Waals surface area contributed by atoms with Crippen molar-refractivity contribution in [1.29, 1.82) is 0 Å². The van der Waals surface area contributed by atoms with Crippen molar-refractivity contribution >= 4 is 33.5 Å². The fourth-order valence-corrected chi connectivity index (χ4v) is 4.26. The molecule has 186 valence electrons. The Balaban J connectivity index is 1.79. The SMILES string of the molecule is COC(=O)CCCOc1cc2ccccc2c(-c2cccc3ccccc23)c1OCCCC(=O)OC. The minimum atomic E-state index is -0.273. The number of carbonyl (C=O) groups is 2. The molecular formula is C30H30O6. The quantitative estimate of drug-likeness (QED) is 0.182. The van der Waals surface area contributed by atoms with Crippen LogP contribution in [-0.4, -0.2) is 39.4 Å². The lowest BCUT2D eigenvalue weighted by Gasteiger charge is -2.20. The van der Waals surface area contributed by atoms with Crippen molar-refractivity contribution in [3.63, 3.8) is 0 Å². The van der Waals surface area contributed by atoms with Crippen molar-refractivity contribution in [1.82, 2.24) is 0 Å². The molecule has 0 saturated carbocycles. The lowest BCUT2D eigenvalue weighted by Crippen LogP contribution is -2.08. The van der Waals surface area contributed by atoms with E-state index >= 15 is 0 Å². The van der Waals surface area contributed by atoms with Crippen LogP contribution in [0.25, 0.3) is 32.7 Å². The van der Waals surface area contributed by atoms with Crippen molar-refractivity contribution in [2.24, 2.45) is 0 Å². The van der Waals surface area contributed by atoms with E-state index in [0.717, 1.165) is 32.7 Å². The highest BCUT2D eigenvalue weighted by atomic mass is 16.5. The Morgan fingerprint density at radius 2 is 1.25 bits per heavy atom. The van der Waals surface area contributed by atoms with Crippen LogP contribution in [0.5, 0.6) is 11.5 Å². The van der Waals surface area contributed by atoms with Gasteiger partial charge >= 0.3 is 11.9 Å². The molecule has 6 nitrogen and oxygen atoms in total. The first-order chi connectivity index (χ1) is 17.6. The van der Waals surface area contributed by atoms with Gasteiger partial charge in [0.25, 0.3) is 0 Å². The number of ether oxygens (including phenoxy) is 4. The molecule has 36 heavy (non-hydrogen) atoms. The van der Waals surface area contributed by atoms with Gasteiger partial charge in [-0.3, -0.25) is 9.59 Å². The van der Waals surface area contributed by atoms with E-state index in [4.69, 9.17) is 18.9 Å². The third kappa shape index (κ3) is 5.77. The van der Waals surface area contributed by atoms with E-state index in [0.29, 0.717) is 37.6 Å². The Labute approximate surface area is 210 Å². The second-order valence-electron chi connectivity index (χ2n) is 8.38. The van der Waals surface area contributed by atoms with Crippen molar-refractivity contribution < 1.29 is 28.5 Å². The van der Waals surface area contributed by atoms with Crippen molar-refractivity contribution in [3.8, 4) is 22.6 Å². The average Bonchev–Trinajstić information content (AvgIpc) is 2.92. The Hall–Kier alpha value is -4.06. The smallest absolute Gasteiger partial charge is 0.305 e. The van der Waals surface area contributed by atoms with Gasteiger partial charge in [0.15, 0.2) is 11.5 Å². The summed E-state index contributed by atoms with van der Waals surface area (Å²) in [7, 11) is 2.76. The summed E-state index contributed by atoms with van der Waals surface area (Å²) in [5.74, 6) is 0.672. The molecule has 0 heterocycles. The van der Waals surface area contributed by atoms with Gasteiger partial charge in [-0.1, -0.05) is 66.7 Å². The molecule has 0 aliphatic carbocycles. The van der Waals surface area contributed by atoms with Gasteiger partial charge in [0, 0.05) is 18.4 Å². The second kappa shape index (κ2) is 12.1. The average molecular weight is 487 g/mol. The van der Waals surface area contributed by atoms with Gasteiger partial charge in [-0.25, -0.2) is 0 Å². The highest BCUT2D eigenvalue weighted by molar-refractivity contribution is 6.08. The van der Waals surface area contributed by atoms with Crippen LogP contribution < -0.4 is 9.47 Å². The van der Waals surface area contributed by atoms with E-state index in [1.807, 2.05) is 42.5 Å². The van der Waals surface area contributed by atoms with Gasteiger partial charge in [-0.05, 0) is 46.0 Å². The highest BCUT2D eigenvalue weighted by Crippen LogP contribution is 2.46. The normalized spacial score (nSPS) is 10.8. The van der Waals surface area contributed by atoms with E-state index in [9.17, 15) is 9.59 Å². The molecule has 4 aromatic rings. The van der Waals surface area contributed by atoms with E-state index < -0.39 is 0 Å².